The number of carboxylic acid groups (broad SMARTS) is 1. The van der Waals surface area contributed by atoms with Crippen LogP contribution in [-0.4, -0.2) is 23.1 Å². The Morgan fingerprint density at radius 3 is 2.71 bits per heavy atom. The number of hydrogen-bond acceptors (Lipinski definition) is 2. The summed E-state index contributed by atoms with van der Waals surface area (Å²) >= 11 is 11.5. The van der Waals surface area contributed by atoms with Gasteiger partial charge in [-0.15, -0.1) is 11.6 Å². The number of aliphatic carboxylic acids is 1. The standard InChI is InChI=1S/C16H11Cl2F3O3/c17-5-3-1-2-4-9-10-6-11(15(22)23)12(16(19,20)21)7-14(10)24-8-13(9)18/h6-8,12H,1,3,5H2,(H,22,23). The van der Waals surface area contributed by atoms with Gasteiger partial charge in [-0.2, -0.15) is 13.2 Å². The molecule has 3 nitrogen and oxygen atoms in total. The summed E-state index contributed by atoms with van der Waals surface area (Å²) in [7, 11) is 0. The highest BCUT2D eigenvalue weighted by Crippen LogP contribution is 2.42. The first-order valence-electron chi connectivity index (χ1n) is 6.81. The van der Waals surface area contributed by atoms with Gasteiger partial charge in [0.15, 0.2) is 0 Å². The van der Waals surface area contributed by atoms with E-state index in [0.29, 0.717) is 18.7 Å². The fourth-order valence-electron chi connectivity index (χ4n) is 2.15. The number of halogens is 5. The maximum Gasteiger partial charge on any atom is 0.399 e. The monoisotopic (exact) mass is 378 g/mol. The topological polar surface area (TPSA) is 46.5 Å². The quantitative estimate of drug-likeness (QED) is 0.446. The molecule has 1 heterocycles. The van der Waals surface area contributed by atoms with E-state index in [1.165, 1.54) is 0 Å². The van der Waals surface area contributed by atoms with Crippen molar-refractivity contribution in [3.63, 3.8) is 0 Å². The van der Waals surface area contributed by atoms with E-state index in [2.05, 4.69) is 11.8 Å². The van der Waals surface area contributed by atoms with Crippen LogP contribution in [0.2, 0.25) is 0 Å². The number of hydrogen-bond donors (Lipinski definition) is 1. The third-order valence-corrected chi connectivity index (χ3v) is 3.81. The van der Waals surface area contributed by atoms with Gasteiger partial charge in [-0.3, -0.25) is 0 Å². The van der Waals surface area contributed by atoms with Crippen molar-refractivity contribution in [2.24, 2.45) is 5.92 Å². The molecule has 1 atom stereocenters. The van der Waals surface area contributed by atoms with E-state index in [1.54, 1.807) is 0 Å². The van der Waals surface area contributed by atoms with Crippen LogP contribution in [0.4, 0.5) is 13.2 Å². The van der Waals surface area contributed by atoms with Crippen LogP contribution in [-0.2, 0) is 9.53 Å². The van der Waals surface area contributed by atoms with Gasteiger partial charge < -0.3 is 9.84 Å². The van der Waals surface area contributed by atoms with Gasteiger partial charge in [-0.1, -0.05) is 23.4 Å². The predicted molar refractivity (Wildman–Crippen MR) is 83.1 cm³/mol. The lowest BCUT2D eigenvalue weighted by molar-refractivity contribution is -0.159. The minimum atomic E-state index is -4.75. The molecule has 0 saturated heterocycles. The number of ether oxygens (including phenoxy) is 1. The molecule has 1 aliphatic heterocycles. The molecule has 1 N–H and O–H groups in total. The van der Waals surface area contributed by atoms with E-state index in [0.717, 1.165) is 18.4 Å². The molecule has 128 valence electrons. The maximum atomic E-state index is 13.1. The summed E-state index contributed by atoms with van der Waals surface area (Å²) in [6.07, 6.45) is -0.913. The summed E-state index contributed by atoms with van der Waals surface area (Å²) in [6.45, 7) is 0. The van der Waals surface area contributed by atoms with Crippen molar-refractivity contribution < 1.29 is 27.8 Å². The van der Waals surface area contributed by atoms with E-state index in [9.17, 15) is 18.0 Å². The van der Waals surface area contributed by atoms with Crippen LogP contribution in [0.5, 0.6) is 0 Å². The van der Waals surface area contributed by atoms with Gasteiger partial charge in [-0.05, 0) is 18.6 Å². The summed E-state index contributed by atoms with van der Waals surface area (Å²) in [5, 5.41) is 9.19. The Bertz CT molecular complexity index is 734. The fourth-order valence-corrected chi connectivity index (χ4v) is 2.47. The van der Waals surface area contributed by atoms with Crippen molar-refractivity contribution in [1.29, 1.82) is 0 Å². The highest BCUT2D eigenvalue weighted by atomic mass is 35.5. The first-order valence-corrected chi connectivity index (χ1v) is 7.72. The van der Waals surface area contributed by atoms with E-state index < -0.39 is 23.6 Å². The highest BCUT2D eigenvalue weighted by Gasteiger charge is 2.46. The third kappa shape index (κ3) is 3.97. The van der Waals surface area contributed by atoms with Crippen molar-refractivity contribution >= 4 is 29.2 Å². The molecule has 0 radical (unpaired) electrons. The van der Waals surface area contributed by atoms with Gasteiger partial charge in [0.1, 0.15) is 17.9 Å². The SMILES string of the molecule is O=C(O)C1=CC2=C(C#CCCCCl)C(Cl)=COC2=CC1C(F)(F)F. The molecule has 2 aliphatic rings. The molecule has 0 fully saturated rings. The van der Waals surface area contributed by atoms with Gasteiger partial charge in [0.2, 0.25) is 0 Å². The largest absolute Gasteiger partial charge is 0.478 e. The zero-order chi connectivity index (χ0) is 17.9. The van der Waals surface area contributed by atoms with Crippen LogP contribution >= 0.6 is 23.2 Å². The molecule has 8 heteroatoms. The minimum absolute atomic E-state index is 0.0898. The number of carbonyl (C=O) groups is 1. The highest BCUT2D eigenvalue weighted by molar-refractivity contribution is 6.32. The van der Waals surface area contributed by atoms with Crippen molar-refractivity contribution in [2.45, 2.75) is 19.0 Å². The Morgan fingerprint density at radius 2 is 2.12 bits per heavy atom. The number of rotatable bonds is 3. The molecule has 1 unspecified atom stereocenters. The lowest BCUT2D eigenvalue weighted by Crippen LogP contribution is -2.29. The van der Waals surface area contributed by atoms with E-state index in [4.69, 9.17) is 33.0 Å². The van der Waals surface area contributed by atoms with Gasteiger partial charge in [-0.25, -0.2) is 4.79 Å². The summed E-state index contributed by atoms with van der Waals surface area (Å²) < 4.78 is 44.3. The molecule has 0 saturated carbocycles. The molecule has 0 aromatic rings. The van der Waals surface area contributed by atoms with E-state index in [-0.39, 0.29) is 21.9 Å². The van der Waals surface area contributed by atoms with Crippen molar-refractivity contribution in [3.8, 4) is 11.8 Å². The van der Waals surface area contributed by atoms with Gasteiger partial charge in [0.05, 0.1) is 16.2 Å². The summed E-state index contributed by atoms with van der Waals surface area (Å²) in [5.41, 5.74) is -0.460. The minimum Gasteiger partial charge on any atom is -0.478 e. The first-order chi connectivity index (χ1) is 11.3. The van der Waals surface area contributed by atoms with Gasteiger partial charge >= 0.3 is 12.1 Å². The Labute approximate surface area is 146 Å². The normalized spacial score (nSPS) is 20.0. The molecule has 0 amide bonds. The van der Waals surface area contributed by atoms with Crippen LogP contribution in [0.3, 0.4) is 0 Å². The predicted octanol–water partition coefficient (Wildman–Crippen LogP) is 4.50. The summed E-state index contributed by atoms with van der Waals surface area (Å²) in [6, 6.07) is 0. The van der Waals surface area contributed by atoms with Gasteiger partial charge in [0.25, 0.3) is 0 Å². The van der Waals surface area contributed by atoms with Crippen LogP contribution in [0.1, 0.15) is 12.8 Å². The van der Waals surface area contributed by atoms with Crippen LogP contribution < -0.4 is 0 Å². The number of fused-ring (bicyclic) bond motifs is 1. The van der Waals surface area contributed by atoms with Crippen molar-refractivity contribution in [2.75, 3.05) is 5.88 Å². The number of carboxylic acids is 1. The molecule has 2 rings (SSSR count). The summed E-state index contributed by atoms with van der Waals surface area (Å²) in [5.74, 6) is 1.94. The Kier molecular flexibility index (Phi) is 5.68. The fraction of sp³-hybridized carbons (Fsp3) is 0.312. The molecule has 1 aliphatic carbocycles. The van der Waals surface area contributed by atoms with E-state index >= 15 is 0 Å². The Hall–Kier alpha value is -1.84. The number of alkyl halides is 4. The average molecular weight is 379 g/mol. The molecule has 0 spiro atoms. The second kappa shape index (κ2) is 7.37. The first kappa shape index (κ1) is 18.5. The number of unbranched alkanes of at least 4 members (excludes halogenated alkanes) is 1. The smallest absolute Gasteiger partial charge is 0.399 e. The molecule has 0 aromatic heterocycles. The van der Waals surface area contributed by atoms with Crippen LogP contribution in [0, 0.1) is 17.8 Å². The Morgan fingerprint density at radius 1 is 1.42 bits per heavy atom. The average Bonchev–Trinajstić information content (AvgIpc) is 2.51. The second-order valence-corrected chi connectivity index (χ2v) is 5.71. The van der Waals surface area contributed by atoms with Crippen LogP contribution in [0.15, 0.2) is 45.9 Å². The molecule has 0 aromatic carbocycles. The zero-order valence-electron chi connectivity index (χ0n) is 12.1. The van der Waals surface area contributed by atoms with Crippen LogP contribution in [0.25, 0.3) is 0 Å². The lowest BCUT2D eigenvalue weighted by Gasteiger charge is -2.26. The van der Waals surface area contributed by atoms with Gasteiger partial charge in [0, 0.05) is 17.9 Å². The molecular weight excluding hydrogens is 368 g/mol. The zero-order valence-corrected chi connectivity index (χ0v) is 13.6. The van der Waals surface area contributed by atoms with Crippen molar-refractivity contribution in [1.82, 2.24) is 0 Å². The van der Waals surface area contributed by atoms with E-state index in [1.807, 2.05) is 0 Å². The third-order valence-electron chi connectivity index (χ3n) is 3.26. The lowest BCUT2D eigenvalue weighted by atomic mass is 9.87. The van der Waals surface area contributed by atoms with Crippen molar-refractivity contribution in [3.05, 3.63) is 45.9 Å². The molecule has 0 bridgehead atoms. The number of allylic oxidation sites excluding steroid dienone is 4. The second-order valence-electron chi connectivity index (χ2n) is 4.92. The Balaban J connectivity index is 2.52. The molecule has 24 heavy (non-hydrogen) atoms. The summed E-state index contributed by atoms with van der Waals surface area (Å²) in [4.78, 5) is 11.2. The molecular formula is C16H11Cl2F3O3. The maximum absolute atomic E-state index is 13.1.